The van der Waals surface area contributed by atoms with Gasteiger partial charge in [0.2, 0.25) is 0 Å². The van der Waals surface area contributed by atoms with Gasteiger partial charge >= 0.3 is 0 Å². The molecule has 0 heterocycles. The quantitative estimate of drug-likeness (QED) is 0.794. The highest BCUT2D eigenvalue weighted by Crippen LogP contribution is 2.34. The number of nitrogen functional groups attached to an aromatic ring is 1. The van der Waals surface area contributed by atoms with Crippen LogP contribution < -0.4 is 10.5 Å². The molecule has 0 saturated carbocycles. The topological polar surface area (TPSA) is 35.2 Å². The van der Waals surface area contributed by atoms with Crippen LogP contribution in [0.4, 0.5) is 5.69 Å². The lowest BCUT2D eigenvalue weighted by Gasteiger charge is -2.12. The van der Waals surface area contributed by atoms with Gasteiger partial charge in [-0.05, 0) is 24.6 Å². The lowest BCUT2D eigenvalue weighted by molar-refractivity contribution is 0.342. The third-order valence-corrected chi connectivity index (χ3v) is 2.42. The highest BCUT2D eigenvalue weighted by atomic mass is 16.5. The Morgan fingerprint density at radius 2 is 1.75 bits per heavy atom. The molecule has 0 radical (unpaired) electrons. The SMILES string of the molecule is CCOc1cccc(N)c1-c1ccccc1. The third-order valence-electron chi connectivity index (χ3n) is 2.42. The van der Waals surface area contributed by atoms with Gasteiger partial charge in [-0.1, -0.05) is 36.4 Å². The van der Waals surface area contributed by atoms with Crippen LogP contribution in [0.15, 0.2) is 48.5 Å². The van der Waals surface area contributed by atoms with Gasteiger partial charge in [-0.15, -0.1) is 0 Å². The number of hydrogen-bond acceptors (Lipinski definition) is 2. The fourth-order valence-electron chi connectivity index (χ4n) is 1.74. The van der Waals surface area contributed by atoms with E-state index in [4.69, 9.17) is 10.5 Å². The van der Waals surface area contributed by atoms with E-state index < -0.39 is 0 Å². The highest BCUT2D eigenvalue weighted by Gasteiger charge is 2.08. The first-order valence-corrected chi connectivity index (χ1v) is 5.39. The summed E-state index contributed by atoms with van der Waals surface area (Å²) in [6.07, 6.45) is 0. The Morgan fingerprint density at radius 1 is 1.00 bits per heavy atom. The first kappa shape index (κ1) is 10.6. The molecule has 0 spiro atoms. The van der Waals surface area contributed by atoms with Crippen molar-refractivity contribution in [2.75, 3.05) is 12.3 Å². The summed E-state index contributed by atoms with van der Waals surface area (Å²) in [6.45, 7) is 2.61. The van der Waals surface area contributed by atoms with Crippen LogP contribution in [0, 0.1) is 0 Å². The van der Waals surface area contributed by atoms with E-state index in [1.165, 1.54) is 0 Å². The van der Waals surface area contributed by atoms with Crippen molar-refractivity contribution in [1.29, 1.82) is 0 Å². The van der Waals surface area contributed by atoms with Crippen molar-refractivity contribution in [3.8, 4) is 16.9 Å². The molecule has 16 heavy (non-hydrogen) atoms. The zero-order valence-electron chi connectivity index (χ0n) is 9.31. The molecule has 2 nitrogen and oxygen atoms in total. The van der Waals surface area contributed by atoms with Gasteiger partial charge in [0.15, 0.2) is 0 Å². The number of rotatable bonds is 3. The first-order chi connectivity index (χ1) is 7.83. The maximum atomic E-state index is 6.00. The molecule has 0 aliphatic heterocycles. The van der Waals surface area contributed by atoms with Crippen molar-refractivity contribution >= 4 is 5.69 Å². The molecule has 2 aromatic rings. The molecule has 0 aliphatic rings. The zero-order chi connectivity index (χ0) is 11.4. The summed E-state index contributed by atoms with van der Waals surface area (Å²) in [5, 5.41) is 0. The number of hydrogen-bond donors (Lipinski definition) is 1. The van der Waals surface area contributed by atoms with Crippen LogP contribution in [-0.2, 0) is 0 Å². The van der Waals surface area contributed by atoms with Gasteiger partial charge < -0.3 is 10.5 Å². The maximum Gasteiger partial charge on any atom is 0.129 e. The third kappa shape index (κ3) is 2.01. The molecule has 0 aliphatic carbocycles. The molecule has 0 amide bonds. The summed E-state index contributed by atoms with van der Waals surface area (Å²) >= 11 is 0. The molecule has 0 aromatic heterocycles. The fraction of sp³-hybridized carbons (Fsp3) is 0.143. The van der Waals surface area contributed by atoms with Crippen LogP contribution in [0.2, 0.25) is 0 Å². The molecule has 0 unspecified atom stereocenters. The molecule has 2 aromatic carbocycles. The minimum absolute atomic E-state index is 0.642. The predicted octanol–water partition coefficient (Wildman–Crippen LogP) is 3.33. The monoisotopic (exact) mass is 213 g/mol. The van der Waals surface area contributed by atoms with Crippen LogP contribution in [0.3, 0.4) is 0 Å². The Kier molecular flexibility index (Phi) is 3.10. The van der Waals surface area contributed by atoms with E-state index in [1.807, 2.05) is 55.5 Å². The van der Waals surface area contributed by atoms with Gasteiger partial charge in [0.1, 0.15) is 5.75 Å². The number of benzene rings is 2. The maximum absolute atomic E-state index is 6.00. The average Bonchev–Trinajstić information content (AvgIpc) is 2.31. The predicted molar refractivity (Wildman–Crippen MR) is 67.5 cm³/mol. The second-order valence-corrected chi connectivity index (χ2v) is 3.52. The van der Waals surface area contributed by atoms with Gasteiger partial charge in [0.25, 0.3) is 0 Å². The Morgan fingerprint density at radius 3 is 2.44 bits per heavy atom. The van der Waals surface area contributed by atoms with Crippen LogP contribution in [0.1, 0.15) is 6.92 Å². The highest BCUT2D eigenvalue weighted by molar-refractivity contribution is 5.81. The Balaban J connectivity index is 2.54. The molecule has 0 bridgehead atoms. The van der Waals surface area contributed by atoms with E-state index in [2.05, 4.69) is 0 Å². The molecule has 0 saturated heterocycles. The molecular weight excluding hydrogens is 198 g/mol. The number of anilines is 1. The van der Waals surface area contributed by atoms with E-state index in [0.29, 0.717) is 6.61 Å². The molecule has 2 rings (SSSR count). The van der Waals surface area contributed by atoms with Crippen LogP contribution in [0.5, 0.6) is 5.75 Å². The average molecular weight is 213 g/mol. The molecule has 2 N–H and O–H groups in total. The first-order valence-electron chi connectivity index (χ1n) is 5.39. The summed E-state index contributed by atoms with van der Waals surface area (Å²) in [7, 11) is 0. The molecule has 0 fully saturated rings. The zero-order valence-corrected chi connectivity index (χ0v) is 9.31. The fourth-order valence-corrected chi connectivity index (χ4v) is 1.74. The Bertz CT molecular complexity index is 465. The summed E-state index contributed by atoms with van der Waals surface area (Å²) in [5.74, 6) is 0.841. The summed E-state index contributed by atoms with van der Waals surface area (Å²) in [4.78, 5) is 0. The van der Waals surface area contributed by atoms with Crippen LogP contribution in [0.25, 0.3) is 11.1 Å². The van der Waals surface area contributed by atoms with E-state index >= 15 is 0 Å². The number of nitrogens with two attached hydrogens (primary N) is 1. The van der Waals surface area contributed by atoms with Gasteiger partial charge in [0, 0.05) is 11.3 Å². The van der Waals surface area contributed by atoms with E-state index in [-0.39, 0.29) is 0 Å². The van der Waals surface area contributed by atoms with Crippen LogP contribution in [-0.4, -0.2) is 6.61 Å². The number of ether oxygens (including phenoxy) is 1. The molecule has 0 atom stereocenters. The standard InChI is InChI=1S/C14H15NO/c1-2-16-13-10-6-9-12(15)14(13)11-7-4-3-5-8-11/h3-10H,2,15H2,1H3. The Hall–Kier alpha value is -1.96. The summed E-state index contributed by atoms with van der Waals surface area (Å²) in [5.41, 5.74) is 8.81. The van der Waals surface area contributed by atoms with Crippen LogP contribution >= 0.6 is 0 Å². The Labute approximate surface area is 95.7 Å². The van der Waals surface area contributed by atoms with Crippen molar-refractivity contribution in [3.63, 3.8) is 0 Å². The van der Waals surface area contributed by atoms with Crippen molar-refractivity contribution in [2.45, 2.75) is 6.92 Å². The van der Waals surface area contributed by atoms with Gasteiger partial charge in [0.05, 0.1) is 6.61 Å². The van der Waals surface area contributed by atoms with Gasteiger partial charge in [-0.2, -0.15) is 0 Å². The second kappa shape index (κ2) is 4.71. The van der Waals surface area contributed by atoms with Gasteiger partial charge in [-0.25, -0.2) is 0 Å². The van der Waals surface area contributed by atoms with E-state index in [9.17, 15) is 0 Å². The largest absolute Gasteiger partial charge is 0.493 e. The summed E-state index contributed by atoms with van der Waals surface area (Å²) < 4.78 is 5.59. The van der Waals surface area contributed by atoms with Crippen molar-refractivity contribution in [2.24, 2.45) is 0 Å². The lowest BCUT2D eigenvalue weighted by atomic mass is 10.0. The lowest BCUT2D eigenvalue weighted by Crippen LogP contribution is -1.97. The van der Waals surface area contributed by atoms with E-state index in [1.54, 1.807) is 0 Å². The van der Waals surface area contributed by atoms with Gasteiger partial charge in [-0.3, -0.25) is 0 Å². The molecule has 2 heteroatoms. The molecule has 82 valence electrons. The van der Waals surface area contributed by atoms with E-state index in [0.717, 1.165) is 22.6 Å². The minimum Gasteiger partial charge on any atom is -0.493 e. The van der Waals surface area contributed by atoms with Crippen molar-refractivity contribution in [3.05, 3.63) is 48.5 Å². The summed E-state index contributed by atoms with van der Waals surface area (Å²) in [6, 6.07) is 15.8. The van der Waals surface area contributed by atoms with Crippen molar-refractivity contribution < 1.29 is 4.74 Å². The normalized spacial score (nSPS) is 10.1. The molecular formula is C14H15NO. The smallest absolute Gasteiger partial charge is 0.129 e. The second-order valence-electron chi connectivity index (χ2n) is 3.52. The van der Waals surface area contributed by atoms with Crippen molar-refractivity contribution in [1.82, 2.24) is 0 Å². The minimum atomic E-state index is 0.642.